The first-order valence-electron chi connectivity index (χ1n) is 6.12. The Morgan fingerprint density at radius 3 is 2.74 bits per heavy atom. The van der Waals surface area contributed by atoms with Crippen LogP contribution in [-0.2, 0) is 9.53 Å². The summed E-state index contributed by atoms with van der Waals surface area (Å²) in [6.07, 6.45) is 0.576. The molecule has 1 aromatic rings. The van der Waals surface area contributed by atoms with Gasteiger partial charge in [-0.1, -0.05) is 24.2 Å². The summed E-state index contributed by atoms with van der Waals surface area (Å²) in [5, 5.41) is 14.7. The topological polar surface area (TPSA) is 70.9 Å². The Hall–Kier alpha value is -1.88. The van der Waals surface area contributed by atoms with Crippen molar-refractivity contribution in [1.82, 2.24) is 0 Å². The van der Waals surface area contributed by atoms with Crippen molar-refractivity contribution in [3.8, 4) is 0 Å². The Bertz CT molecular complexity index is 479. The van der Waals surface area contributed by atoms with Gasteiger partial charge >= 0.3 is 0 Å². The Kier molecular flexibility index (Phi) is 5.06. The van der Waals surface area contributed by atoms with Gasteiger partial charge in [-0.05, 0) is 32.4 Å². The van der Waals surface area contributed by atoms with Crippen LogP contribution in [0.1, 0.15) is 32.8 Å². The Morgan fingerprint density at radius 1 is 1.53 bits per heavy atom. The summed E-state index contributed by atoms with van der Waals surface area (Å²) in [7, 11) is 1.52. The van der Waals surface area contributed by atoms with Crippen LogP contribution < -0.4 is 5.32 Å². The highest BCUT2D eigenvalue weighted by Gasteiger charge is 2.30. The molecule has 0 aliphatic rings. The van der Waals surface area contributed by atoms with Crippen molar-refractivity contribution in [3.05, 3.63) is 29.8 Å². The lowest BCUT2D eigenvalue weighted by molar-refractivity contribution is -0.136. The number of benzene rings is 1. The number of oxime groups is 1. The Labute approximate surface area is 113 Å². The van der Waals surface area contributed by atoms with E-state index in [1.165, 1.54) is 7.11 Å². The molecular formula is C14H20N2O3. The van der Waals surface area contributed by atoms with Gasteiger partial charge in [0.2, 0.25) is 0 Å². The molecule has 0 fully saturated rings. The highest BCUT2D eigenvalue weighted by atomic mass is 16.5. The van der Waals surface area contributed by atoms with Crippen LogP contribution in [-0.4, -0.2) is 29.5 Å². The third-order valence-electron chi connectivity index (χ3n) is 3.29. The first kappa shape index (κ1) is 15.2. The quantitative estimate of drug-likeness (QED) is 0.488. The molecule has 1 unspecified atom stereocenters. The molecule has 1 rings (SSSR count). The van der Waals surface area contributed by atoms with Crippen molar-refractivity contribution < 1.29 is 14.7 Å². The van der Waals surface area contributed by atoms with Gasteiger partial charge < -0.3 is 15.3 Å². The standard InChI is InChI=1S/C14H20N2O3/c1-5-14(3,19-4)13(17)15-12-8-6-7-11(9-12)10(2)16-18/h6-9,18H,5H2,1-4H3,(H,15,17)/b16-10+. The summed E-state index contributed by atoms with van der Waals surface area (Å²) in [6.45, 7) is 5.32. The molecule has 5 heteroatoms. The zero-order chi connectivity index (χ0) is 14.5. The average Bonchev–Trinajstić information content (AvgIpc) is 2.45. The maximum atomic E-state index is 12.1. The van der Waals surface area contributed by atoms with Crippen LogP contribution in [0.2, 0.25) is 0 Å². The van der Waals surface area contributed by atoms with Crippen LogP contribution in [0.5, 0.6) is 0 Å². The molecule has 1 amide bonds. The summed E-state index contributed by atoms with van der Waals surface area (Å²) >= 11 is 0. The molecule has 19 heavy (non-hydrogen) atoms. The number of nitrogens with one attached hydrogen (secondary N) is 1. The lowest BCUT2D eigenvalue weighted by atomic mass is 10.0. The third kappa shape index (κ3) is 3.54. The lowest BCUT2D eigenvalue weighted by Crippen LogP contribution is -2.41. The van der Waals surface area contributed by atoms with Crippen LogP contribution in [0.3, 0.4) is 0 Å². The van der Waals surface area contributed by atoms with Gasteiger partial charge in [0.25, 0.3) is 5.91 Å². The summed E-state index contributed by atoms with van der Waals surface area (Å²) < 4.78 is 5.24. The van der Waals surface area contributed by atoms with Crippen LogP contribution in [0, 0.1) is 0 Å². The SMILES string of the molecule is CCC(C)(OC)C(=O)Nc1cccc(/C(C)=N/O)c1. The molecule has 0 heterocycles. The molecule has 2 N–H and O–H groups in total. The van der Waals surface area contributed by atoms with E-state index in [1.54, 1.807) is 38.1 Å². The van der Waals surface area contributed by atoms with E-state index >= 15 is 0 Å². The molecule has 0 saturated carbocycles. The number of rotatable bonds is 5. The molecule has 0 aliphatic carbocycles. The predicted molar refractivity (Wildman–Crippen MR) is 74.8 cm³/mol. The summed E-state index contributed by atoms with van der Waals surface area (Å²) in [5.41, 5.74) is 1.02. The molecule has 0 radical (unpaired) electrons. The van der Waals surface area contributed by atoms with Gasteiger partial charge in [-0.3, -0.25) is 4.79 Å². The molecule has 0 bridgehead atoms. The van der Waals surface area contributed by atoms with Crippen molar-refractivity contribution in [3.63, 3.8) is 0 Å². The van der Waals surface area contributed by atoms with E-state index < -0.39 is 5.60 Å². The smallest absolute Gasteiger partial charge is 0.256 e. The first-order chi connectivity index (χ1) is 8.96. The first-order valence-corrected chi connectivity index (χ1v) is 6.12. The summed E-state index contributed by atoms with van der Waals surface area (Å²) in [6, 6.07) is 7.12. The number of ether oxygens (including phenoxy) is 1. The largest absolute Gasteiger partial charge is 0.411 e. The van der Waals surface area contributed by atoms with Crippen LogP contribution in [0.4, 0.5) is 5.69 Å². The fraction of sp³-hybridized carbons (Fsp3) is 0.429. The molecular weight excluding hydrogens is 244 g/mol. The zero-order valence-corrected chi connectivity index (χ0v) is 11.7. The summed E-state index contributed by atoms with van der Waals surface area (Å²) in [4.78, 5) is 12.1. The van der Waals surface area contributed by atoms with Gasteiger partial charge in [0, 0.05) is 18.4 Å². The highest BCUT2D eigenvalue weighted by Crippen LogP contribution is 2.18. The van der Waals surface area contributed by atoms with Crippen molar-refractivity contribution in [2.75, 3.05) is 12.4 Å². The minimum atomic E-state index is -0.851. The van der Waals surface area contributed by atoms with Crippen molar-refractivity contribution in [2.45, 2.75) is 32.8 Å². The molecule has 0 aromatic heterocycles. The van der Waals surface area contributed by atoms with Crippen molar-refractivity contribution >= 4 is 17.3 Å². The minimum Gasteiger partial charge on any atom is -0.411 e. The Morgan fingerprint density at radius 2 is 2.21 bits per heavy atom. The second-order valence-corrected chi connectivity index (χ2v) is 4.51. The molecule has 1 atom stereocenters. The van der Waals surface area contributed by atoms with Gasteiger partial charge in [0.1, 0.15) is 5.60 Å². The number of nitrogens with zero attached hydrogens (tertiary/aromatic N) is 1. The van der Waals surface area contributed by atoms with E-state index in [-0.39, 0.29) is 5.91 Å². The normalized spacial score (nSPS) is 14.8. The van der Waals surface area contributed by atoms with E-state index in [0.717, 1.165) is 5.56 Å². The average molecular weight is 264 g/mol. The molecule has 0 aliphatic heterocycles. The lowest BCUT2D eigenvalue weighted by Gasteiger charge is -2.25. The van der Waals surface area contributed by atoms with Crippen LogP contribution in [0.15, 0.2) is 29.4 Å². The van der Waals surface area contributed by atoms with E-state index in [9.17, 15) is 4.79 Å². The van der Waals surface area contributed by atoms with Gasteiger partial charge in [-0.25, -0.2) is 0 Å². The second-order valence-electron chi connectivity index (χ2n) is 4.51. The monoisotopic (exact) mass is 264 g/mol. The fourth-order valence-electron chi connectivity index (χ4n) is 1.54. The minimum absolute atomic E-state index is 0.201. The number of amides is 1. The van der Waals surface area contributed by atoms with Gasteiger partial charge in [0.05, 0.1) is 5.71 Å². The van der Waals surface area contributed by atoms with E-state index in [4.69, 9.17) is 9.94 Å². The maximum absolute atomic E-state index is 12.1. The van der Waals surface area contributed by atoms with Gasteiger partial charge in [-0.2, -0.15) is 0 Å². The number of carbonyl (C=O) groups excluding carboxylic acids is 1. The number of methoxy groups -OCH3 is 1. The fourth-order valence-corrected chi connectivity index (χ4v) is 1.54. The van der Waals surface area contributed by atoms with Crippen LogP contribution >= 0.6 is 0 Å². The predicted octanol–water partition coefficient (Wildman–Crippen LogP) is 2.64. The Balaban J connectivity index is 2.92. The molecule has 1 aromatic carbocycles. The third-order valence-corrected chi connectivity index (χ3v) is 3.29. The molecule has 104 valence electrons. The molecule has 5 nitrogen and oxygen atoms in total. The number of hydrogen-bond acceptors (Lipinski definition) is 4. The van der Waals surface area contributed by atoms with E-state index in [1.807, 2.05) is 6.92 Å². The highest BCUT2D eigenvalue weighted by molar-refractivity contribution is 6.01. The van der Waals surface area contributed by atoms with E-state index in [2.05, 4.69) is 10.5 Å². The zero-order valence-electron chi connectivity index (χ0n) is 11.7. The second kappa shape index (κ2) is 6.33. The molecule has 0 saturated heterocycles. The van der Waals surface area contributed by atoms with Gasteiger partial charge in [-0.15, -0.1) is 0 Å². The van der Waals surface area contributed by atoms with Crippen molar-refractivity contribution in [1.29, 1.82) is 0 Å². The van der Waals surface area contributed by atoms with Crippen molar-refractivity contribution in [2.24, 2.45) is 5.16 Å². The van der Waals surface area contributed by atoms with Gasteiger partial charge in [0.15, 0.2) is 0 Å². The van der Waals surface area contributed by atoms with E-state index in [0.29, 0.717) is 17.8 Å². The summed E-state index contributed by atoms with van der Waals surface area (Å²) in [5.74, 6) is -0.201. The van der Waals surface area contributed by atoms with Crippen LogP contribution in [0.25, 0.3) is 0 Å². The number of carbonyl (C=O) groups is 1. The number of hydrogen-bond donors (Lipinski definition) is 2. The number of anilines is 1. The maximum Gasteiger partial charge on any atom is 0.256 e. The molecule has 0 spiro atoms.